The highest BCUT2D eigenvalue weighted by atomic mass is 32.1. The number of hydrogen-bond donors (Lipinski definition) is 0. The van der Waals surface area contributed by atoms with E-state index in [-0.39, 0.29) is 21.2 Å². The van der Waals surface area contributed by atoms with Crippen LogP contribution in [0, 0.1) is 13.8 Å². The van der Waals surface area contributed by atoms with Gasteiger partial charge in [0, 0.05) is 0 Å². The van der Waals surface area contributed by atoms with Crippen LogP contribution < -0.4 is 10.5 Å². The van der Waals surface area contributed by atoms with Crippen LogP contribution in [0.1, 0.15) is 31.4 Å². The molecule has 0 atom stereocenters. The molecule has 7 nitrogen and oxygen atoms in total. The maximum absolute atomic E-state index is 12.8. The van der Waals surface area contributed by atoms with E-state index in [2.05, 4.69) is 10.2 Å². The Morgan fingerprint density at radius 3 is 2.48 bits per heavy atom. The maximum atomic E-state index is 12.8. The predicted molar refractivity (Wildman–Crippen MR) is 84.2 cm³/mol. The standard InChI is InChI=1S/C15H10N4O3S/c1-7-5-3-4-6-9(7)18-13(21)10-11(14(18)22)23-15-17-16-8(2)12(20)19(10)15/h3-6H,1-2H3. The number of fused-ring (bicyclic) bond motifs is 3. The van der Waals surface area contributed by atoms with E-state index in [1.807, 2.05) is 19.1 Å². The molecule has 0 saturated heterocycles. The van der Waals surface area contributed by atoms with Gasteiger partial charge < -0.3 is 0 Å². The minimum atomic E-state index is -0.514. The molecule has 2 amide bonds. The van der Waals surface area contributed by atoms with Gasteiger partial charge in [-0.15, -0.1) is 10.2 Å². The molecule has 0 radical (unpaired) electrons. The zero-order chi connectivity index (χ0) is 16.3. The van der Waals surface area contributed by atoms with Crippen molar-refractivity contribution in [3.05, 3.63) is 56.4 Å². The fourth-order valence-electron chi connectivity index (χ4n) is 2.63. The molecule has 0 spiro atoms. The first-order valence-electron chi connectivity index (χ1n) is 6.84. The third kappa shape index (κ3) is 1.72. The van der Waals surface area contributed by atoms with Gasteiger partial charge in [-0.2, -0.15) is 0 Å². The lowest BCUT2D eigenvalue weighted by atomic mass is 10.2. The highest BCUT2D eigenvalue weighted by Gasteiger charge is 2.42. The SMILES string of the molecule is Cc1ccccc1N1C(=O)c2sc3nnc(C)c(=O)n3c2C1=O. The normalized spacial score (nSPS) is 13.9. The first-order valence-corrected chi connectivity index (χ1v) is 7.65. The summed E-state index contributed by atoms with van der Waals surface area (Å²) in [6, 6.07) is 7.12. The Kier molecular flexibility index (Phi) is 2.73. The molecule has 8 heteroatoms. The molecule has 1 aromatic carbocycles. The zero-order valence-corrected chi connectivity index (χ0v) is 13.0. The van der Waals surface area contributed by atoms with Gasteiger partial charge in [0.1, 0.15) is 16.3 Å². The number of rotatable bonds is 1. The molecule has 0 saturated carbocycles. The maximum Gasteiger partial charge on any atom is 0.284 e. The van der Waals surface area contributed by atoms with Crippen LogP contribution in [-0.2, 0) is 0 Å². The van der Waals surface area contributed by atoms with Crippen LogP contribution in [0.5, 0.6) is 0 Å². The largest absolute Gasteiger partial charge is 0.284 e. The van der Waals surface area contributed by atoms with E-state index in [1.165, 1.54) is 11.3 Å². The Morgan fingerprint density at radius 2 is 1.74 bits per heavy atom. The second-order valence-corrected chi connectivity index (χ2v) is 6.20. The topological polar surface area (TPSA) is 84.6 Å². The van der Waals surface area contributed by atoms with Gasteiger partial charge in [0.2, 0.25) is 4.96 Å². The number of imide groups is 1. The summed E-state index contributed by atoms with van der Waals surface area (Å²) in [4.78, 5) is 39.4. The molecule has 0 unspecified atom stereocenters. The number of carbonyl (C=O) groups excluding carboxylic acids is 2. The lowest BCUT2D eigenvalue weighted by Crippen LogP contribution is -2.32. The Morgan fingerprint density at radius 1 is 1.00 bits per heavy atom. The van der Waals surface area contributed by atoms with E-state index in [4.69, 9.17) is 0 Å². The van der Waals surface area contributed by atoms with Crippen molar-refractivity contribution in [2.24, 2.45) is 0 Å². The molecule has 1 aliphatic heterocycles. The molecule has 4 rings (SSSR count). The average molecular weight is 326 g/mol. The zero-order valence-electron chi connectivity index (χ0n) is 12.2. The molecule has 2 aromatic heterocycles. The number of benzene rings is 1. The summed E-state index contributed by atoms with van der Waals surface area (Å²) in [6.45, 7) is 3.34. The monoisotopic (exact) mass is 326 g/mol. The molecular formula is C15H10N4O3S. The van der Waals surface area contributed by atoms with Crippen molar-refractivity contribution in [3.63, 3.8) is 0 Å². The molecule has 1 aliphatic rings. The Hall–Kier alpha value is -2.87. The minimum absolute atomic E-state index is 0.0706. The Balaban J connectivity index is 2.00. The first kappa shape index (κ1) is 13.8. The summed E-state index contributed by atoms with van der Waals surface area (Å²) < 4.78 is 1.18. The minimum Gasteiger partial charge on any atom is -0.267 e. The van der Waals surface area contributed by atoms with Gasteiger partial charge in [0.15, 0.2) is 0 Å². The van der Waals surface area contributed by atoms with Crippen molar-refractivity contribution in [3.8, 4) is 0 Å². The number of carbonyl (C=O) groups is 2. The summed E-state index contributed by atoms with van der Waals surface area (Å²) in [5, 5.41) is 7.65. The summed E-state index contributed by atoms with van der Waals surface area (Å²) in [5.41, 5.74) is 1.14. The second kappa shape index (κ2) is 4.56. The van der Waals surface area contributed by atoms with Gasteiger partial charge >= 0.3 is 0 Å². The van der Waals surface area contributed by atoms with Crippen LogP contribution in [-0.4, -0.2) is 26.4 Å². The number of aromatic nitrogens is 3. The summed E-state index contributed by atoms with van der Waals surface area (Å²) in [7, 11) is 0. The van der Waals surface area contributed by atoms with Crippen molar-refractivity contribution in [2.45, 2.75) is 13.8 Å². The smallest absolute Gasteiger partial charge is 0.267 e. The molecule has 3 heterocycles. The number of aryl methyl sites for hydroxylation is 2. The summed E-state index contributed by atoms with van der Waals surface area (Å²) in [6.07, 6.45) is 0. The van der Waals surface area contributed by atoms with Crippen LogP contribution in [0.2, 0.25) is 0 Å². The van der Waals surface area contributed by atoms with Crippen LogP contribution in [0.15, 0.2) is 29.1 Å². The van der Waals surface area contributed by atoms with Crippen LogP contribution >= 0.6 is 11.3 Å². The number of amides is 2. The molecule has 0 bridgehead atoms. The molecule has 23 heavy (non-hydrogen) atoms. The van der Waals surface area contributed by atoms with E-state index in [1.54, 1.807) is 12.1 Å². The average Bonchev–Trinajstić information content (AvgIpc) is 3.02. The third-order valence-electron chi connectivity index (χ3n) is 3.78. The van der Waals surface area contributed by atoms with Gasteiger partial charge in [-0.1, -0.05) is 29.5 Å². The molecule has 0 fully saturated rings. The molecule has 114 valence electrons. The van der Waals surface area contributed by atoms with Crippen LogP contribution in [0.4, 0.5) is 5.69 Å². The van der Waals surface area contributed by atoms with Crippen molar-refractivity contribution in [1.82, 2.24) is 14.6 Å². The van der Waals surface area contributed by atoms with Crippen LogP contribution in [0.3, 0.4) is 0 Å². The van der Waals surface area contributed by atoms with Gasteiger partial charge in [-0.25, -0.2) is 9.30 Å². The summed E-state index contributed by atoms with van der Waals surface area (Å²) in [5.74, 6) is -0.952. The number of hydrogen-bond acceptors (Lipinski definition) is 6. The Bertz CT molecular complexity index is 1070. The molecule has 0 N–H and O–H groups in total. The second-order valence-electron chi connectivity index (χ2n) is 5.22. The third-order valence-corrected chi connectivity index (χ3v) is 4.80. The van der Waals surface area contributed by atoms with Gasteiger partial charge in [0.05, 0.1) is 5.69 Å². The fraction of sp³-hybridized carbons (Fsp3) is 0.133. The van der Waals surface area contributed by atoms with E-state index in [9.17, 15) is 14.4 Å². The van der Waals surface area contributed by atoms with E-state index >= 15 is 0 Å². The number of anilines is 1. The quantitative estimate of drug-likeness (QED) is 0.634. The van der Waals surface area contributed by atoms with Gasteiger partial charge in [-0.3, -0.25) is 14.4 Å². The van der Waals surface area contributed by atoms with Crippen LogP contribution in [0.25, 0.3) is 4.96 Å². The summed E-state index contributed by atoms with van der Waals surface area (Å²) >= 11 is 1.00. The number of nitrogens with zero attached hydrogens (tertiary/aromatic N) is 4. The first-order chi connectivity index (χ1) is 11.0. The predicted octanol–water partition coefficient (Wildman–Crippen LogP) is 1.57. The molecule has 0 aliphatic carbocycles. The lowest BCUT2D eigenvalue weighted by Gasteiger charge is -2.16. The van der Waals surface area contributed by atoms with Crippen molar-refractivity contribution < 1.29 is 9.59 Å². The van der Waals surface area contributed by atoms with Gasteiger partial charge in [-0.05, 0) is 25.5 Å². The lowest BCUT2D eigenvalue weighted by molar-refractivity contribution is 0.0924. The highest BCUT2D eigenvalue weighted by molar-refractivity contribution is 7.19. The van der Waals surface area contributed by atoms with E-state index in [0.29, 0.717) is 5.69 Å². The van der Waals surface area contributed by atoms with E-state index in [0.717, 1.165) is 21.8 Å². The highest BCUT2D eigenvalue weighted by Crippen LogP contribution is 2.34. The van der Waals surface area contributed by atoms with Crippen molar-refractivity contribution in [2.75, 3.05) is 4.90 Å². The number of para-hydroxylation sites is 1. The number of thiazole rings is 1. The fourth-order valence-corrected chi connectivity index (χ4v) is 3.61. The molecular weight excluding hydrogens is 316 g/mol. The van der Waals surface area contributed by atoms with E-state index < -0.39 is 17.4 Å². The Labute approximate surface area is 133 Å². The van der Waals surface area contributed by atoms with Crippen molar-refractivity contribution in [1.29, 1.82) is 0 Å². The van der Waals surface area contributed by atoms with Gasteiger partial charge in [0.25, 0.3) is 17.4 Å². The molecule has 3 aromatic rings. The van der Waals surface area contributed by atoms with Crippen molar-refractivity contribution >= 4 is 33.8 Å².